The fourth-order valence-electron chi connectivity index (χ4n) is 3.43. The van der Waals surface area contributed by atoms with E-state index in [0.717, 1.165) is 19.4 Å². The van der Waals surface area contributed by atoms with Gasteiger partial charge in [-0.1, -0.05) is 12.8 Å². The molecule has 2 aliphatic carbocycles. The predicted octanol–water partition coefficient (Wildman–Crippen LogP) is 2.46. The number of amides is 2. The van der Waals surface area contributed by atoms with Crippen molar-refractivity contribution in [1.29, 1.82) is 0 Å². The molecular weight excluding hydrogens is 256 g/mol. The lowest BCUT2D eigenvalue weighted by Crippen LogP contribution is -2.46. The largest absolute Gasteiger partial charge is 0.481 e. The van der Waals surface area contributed by atoms with Gasteiger partial charge in [0.25, 0.3) is 0 Å². The Morgan fingerprint density at radius 1 is 1.10 bits per heavy atom. The number of rotatable bonds is 4. The molecule has 0 unspecified atom stereocenters. The maximum absolute atomic E-state index is 12.1. The molecule has 2 amide bonds. The van der Waals surface area contributed by atoms with E-state index in [-0.39, 0.29) is 18.0 Å². The van der Waals surface area contributed by atoms with Crippen molar-refractivity contribution in [2.24, 2.45) is 11.8 Å². The van der Waals surface area contributed by atoms with E-state index in [9.17, 15) is 9.59 Å². The summed E-state index contributed by atoms with van der Waals surface area (Å²) in [5.41, 5.74) is 0. The van der Waals surface area contributed by atoms with Crippen molar-refractivity contribution in [3.05, 3.63) is 0 Å². The van der Waals surface area contributed by atoms with Crippen molar-refractivity contribution in [3.8, 4) is 0 Å². The van der Waals surface area contributed by atoms with Gasteiger partial charge in [0.05, 0.1) is 5.92 Å². The van der Waals surface area contributed by atoms with Gasteiger partial charge >= 0.3 is 12.0 Å². The second kappa shape index (κ2) is 6.95. The van der Waals surface area contributed by atoms with E-state index in [2.05, 4.69) is 5.32 Å². The maximum atomic E-state index is 12.1. The predicted molar refractivity (Wildman–Crippen MR) is 76.5 cm³/mol. The van der Waals surface area contributed by atoms with Gasteiger partial charge in [-0.2, -0.15) is 0 Å². The first-order valence-corrected chi connectivity index (χ1v) is 7.80. The molecule has 0 spiro atoms. The summed E-state index contributed by atoms with van der Waals surface area (Å²) in [7, 11) is 1.86. The van der Waals surface area contributed by atoms with Gasteiger partial charge in [-0.25, -0.2) is 4.79 Å². The number of carboxylic acid groups (broad SMARTS) is 1. The third-order valence-electron chi connectivity index (χ3n) is 4.76. The highest BCUT2D eigenvalue weighted by Gasteiger charge is 2.27. The van der Waals surface area contributed by atoms with E-state index in [0.29, 0.717) is 18.8 Å². The first-order chi connectivity index (χ1) is 9.56. The minimum Gasteiger partial charge on any atom is -0.481 e. The van der Waals surface area contributed by atoms with E-state index in [1.165, 1.54) is 25.7 Å². The third kappa shape index (κ3) is 4.12. The van der Waals surface area contributed by atoms with Crippen LogP contribution < -0.4 is 5.32 Å². The standard InChI is InChI=1S/C15H26N2O3/c1-17(10-11-4-2-3-5-11)15(20)16-13-8-6-12(7-9-13)14(18)19/h11-13H,2-10H2,1H3,(H,16,20)(H,18,19). The van der Waals surface area contributed by atoms with Gasteiger partial charge in [-0.05, 0) is 44.4 Å². The Bertz CT molecular complexity index is 345. The quantitative estimate of drug-likeness (QED) is 0.832. The van der Waals surface area contributed by atoms with Gasteiger partial charge in [0.1, 0.15) is 0 Å². The SMILES string of the molecule is CN(CC1CCCC1)C(=O)NC1CCC(C(=O)O)CC1. The van der Waals surface area contributed by atoms with Crippen LogP contribution in [0.15, 0.2) is 0 Å². The van der Waals surface area contributed by atoms with Crippen LogP contribution in [0.3, 0.4) is 0 Å². The number of aliphatic carboxylic acids is 1. The monoisotopic (exact) mass is 282 g/mol. The van der Waals surface area contributed by atoms with E-state index in [4.69, 9.17) is 5.11 Å². The molecule has 2 aliphatic rings. The van der Waals surface area contributed by atoms with Crippen LogP contribution in [-0.4, -0.2) is 41.6 Å². The lowest BCUT2D eigenvalue weighted by Gasteiger charge is -2.29. The molecule has 2 saturated carbocycles. The zero-order valence-electron chi connectivity index (χ0n) is 12.3. The molecule has 2 N–H and O–H groups in total. The van der Waals surface area contributed by atoms with E-state index in [1.54, 1.807) is 4.90 Å². The number of nitrogens with one attached hydrogen (secondary N) is 1. The molecule has 0 atom stereocenters. The van der Waals surface area contributed by atoms with Gasteiger partial charge in [0.2, 0.25) is 0 Å². The molecular formula is C15H26N2O3. The van der Waals surface area contributed by atoms with Crippen LogP contribution in [0, 0.1) is 11.8 Å². The average molecular weight is 282 g/mol. The molecule has 2 rings (SSSR count). The minimum absolute atomic E-state index is 0.00400. The molecule has 0 aromatic rings. The Morgan fingerprint density at radius 3 is 2.25 bits per heavy atom. The molecule has 0 radical (unpaired) electrons. The van der Waals surface area contributed by atoms with Crippen LogP contribution >= 0.6 is 0 Å². The molecule has 2 fully saturated rings. The summed E-state index contributed by atoms with van der Waals surface area (Å²) < 4.78 is 0. The number of hydrogen-bond donors (Lipinski definition) is 2. The van der Waals surface area contributed by atoms with Gasteiger partial charge in [-0.15, -0.1) is 0 Å². The van der Waals surface area contributed by atoms with Crippen LogP contribution in [0.2, 0.25) is 0 Å². The van der Waals surface area contributed by atoms with Gasteiger partial charge in [-0.3, -0.25) is 4.79 Å². The summed E-state index contributed by atoms with van der Waals surface area (Å²) in [6.45, 7) is 0.844. The van der Waals surface area contributed by atoms with Gasteiger partial charge in [0, 0.05) is 19.6 Å². The maximum Gasteiger partial charge on any atom is 0.317 e. The average Bonchev–Trinajstić information content (AvgIpc) is 2.92. The minimum atomic E-state index is -0.701. The molecule has 0 aliphatic heterocycles. The van der Waals surface area contributed by atoms with Crippen LogP contribution in [0.1, 0.15) is 51.4 Å². The summed E-state index contributed by atoms with van der Waals surface area (Å²) in [5, 5.41) is 12.0. The third-order valence-corrected chi connectivity index (χ3v) is 4.76. The summed E-state index contributed by atoms with van der Waals surface area (Å²) in [6.07, 6.45) is 7.96. The number of nitrogens with zero attached hydrogens (tertiary/aromatic N) is 1. The summed E-state index contributed by atoms with van der Waals surface area (Å²) in [6, 6.07) is 0.139. The molecule has 0 heterocycles. The zero-order valence-corrected chi connectivity index (χ0v) is 12.3. The summed E-state index contributed by atoms with van der Waals surface area (Å²) in [4.78, 5) is 24.8. The van der Waals surface area contributed by atoms with Crippen molar-refractivity contribution < 1.29 is 14.7 Å². The van der Waals surface area contributed by atoms with Crippen LogP contribution in [-0.2, 0) is 4.79 Å². The van der Waals surface area contributed by atoms with E-state index < -0.39 is 5.97 Å². The lowest BCUT2D eigenvalue weighted by molar-refractivity contribution is -0.142. The molecule has 0 aromatic carbocycles. The molecule has 0 bridgehead atoms. The number of carbonyl (C=O) groups is 2. The van der Waals surface area contributed by atoms with Gasteiger partial charge in [0.15, 0.2) is 0 Å². The van der Waals surface area contributed by atoms with Gasteiger partial charge < -0.3 is 15.3 Å². The normalized spacial score (nSPS) is 27.2. The molecule has 20 heavy (non-hydrogen) atoms. The highest BCUT2D eigenvalue weighted by atomic mass is 16.4. The second-order valence-electron chi connectivity index (χ2n) is 6.37. The number of urea groups is 1. The summed E-state index contributed by atoms with van der Waals surface area (Å²) >= 11 is 0. The van der Waals surface area contributed by atoms with E-state index in [1.807, 2.05) is 7.05 Å². The molecule has 5 nitrogen and oxygen atoms in total. The summed E-state index contributed by atoms with van der Waals surface area (Å²) in [5.74, 6) is -0.263. The Hall–Kier alpha value is -1.26. The first kappa shape index (κ1) is 15.1. The Morgan fingerprint density at radius 2 is 1.70 bits per heavy atom. The van der Waals surface area contributed by atoms with Crippen LogP contribution in [0.4, 0.5) is 4.79 Å². The highest BCUT2D eigenvalue weighted by molar-refractivity contribution is 5.74. The molecule has 0 aromatic heterocycles. The molecule has 5 heteroatoms. The fraction of sp³-hybridized carbons (Fsp3) is 0.867. The Kier molecular flexibility index (Phi) is 5.26. The first-order valence-electron chi connectivity index (χ1n) is 7.80. The number of carboxylic acids is 1. The van der Waals surface area contributed by atoms with Crippen molar-refractivity contribution in [1.82, 2.24) is 10.2 Å². The van der Waals surface area contributed by atoms with E-state index >= 15 is 0 Å². The van der Waals surface area contributed by atoms with Crippen LogP contribution in [0.25, 0.3) is 0 Å². The van der Waals surface area contributed by atoms with Crippen molar-refractivity contribution >= 4 is 12.0 Å². The topological polar surface area (TPSA) is 69.6 Å². The smallest absolute Gasteiger partial charge is 0.317 e. The number of hydrogen-bond acceptors (Lipinski definition) is 2. The highest BCUT2D eigenvalue weighted by Crippen LogP contribution is 2.26. The van der Waals surface area contributed by atoms with Crippen LogP contribution in [0.5, 0.6) is 0 Å². The number of carbonyl (C=O) groups excluding carboxylic acids is 1. The Labute approximate surface area is 120 Å². The van der Waals surface area contributed by atoms with Crippen molar-refractivity contribution in [2.45, 2.75) is 57.4 Å². The van der Waals surface area contributed by atoms with Crippen molar-refractivity contribution in [3.63, 3.8) is 0 Å². The fourth-order valence-corrected chi connectivity index (χ4v) is 3.43. The zero-order chi connectivity index (χ0) is 14.5. The molecule has 0 saturated heterocycles. The van der Waals surface area contributed by atoms with Crippen molar-refractivity contribution in [2.75, 3.05) is 13.6 Å². The second-order valence-corrected chi connectivity index (χ2v) is 6.37. The molecule has 114 valence electrons. The Balaban J connectivity index is 1.70. The lowest BCUT2D eigenvalue weighted by atomic mass is 9.86.